The molecule has 18 heavy (non-hydrogen) atoms. The minimum absolute atomic E-state index is 0.508. The molecule has 2 fully saturated rings. The molecule has 3 heterocycles. The van der Waals surface area contributed by atoms with Gasteiger partial charge in [0.1, 0.15) is 0 Å². The van der Waals surface area contributed by atoms with Gasteiger partial charge in [-0.25, -0.2) is 4.98 Å². The summed E-state index contributed by atoms with van der Waals surface area (Å²) in [5.74, 6) is 0.718. The van der Waals surface area contributed by atoms with E-state index < -0.39 is 0 Å². The number of hydrogen-bond donors (Lipinski definition) is 1. The third-order valence-corrected chi connectivity index (χ3v) is 5.39. The SMILES string of the molecule is CC1(CN2CCC(c3nccs3)CC2)CCNC1. The molecule has 2 saturated heterocycles. The summed E-state index contributed by atoms with van der Waals surface area (Å²) in [6.07, 6.45) is 5.85. The Morgan fingerprint density at radius 2 is 2.33 bits per heavy atom. The van der Waals surface area contributed by atoms with Gasteiger partial charge in [0.15, 0.2) is 0 Å². The van der Waals surface area contributed by atoms with Gasteiger partial charge in [0, 0.05) is 30.6 Å². The van der Waals surface area contributed by atoms with E-state index in [4.69, 9.17) is 0 Å². The van der Waals surface area contributed by atoms with E-state index in [0.717, 1.165) is 5.92 Å². The fourth-order valence-electron chi connectivity index (χ4n) is 3.32. The lowest BCUT2D eigenvalue weighted by atomic mass is 9.87. The van der Waals surface area contributed by atoms with Gasteiger partial charge in [-0.1, -0.05) is 6.92 Å². The number of thiazole rings is 1. The molecule has 100 valence electrons. The highest BCUT2D eigenvalue weighted by atomic mass is 32.1. The highest BCUT2D eigenvalue weighted by Crippen LogP contribution is 2.32. The predicted octanol–water partition coefficient (Wildman–Crippen LogP) is 2.32. The van der Waals surface area contributed by atoms with E-state index in [-0.39, 0.29) is 0 Å². The molecule has 0 radical (unpaired) electrons. The van der Waals surface area contributed by atoms with Crippen molar-refractivity contribution < 1.29 is 0 Å². The topological polar surface area (TPSA) is 28.2 Å². The average molecular weight is 265 g/mol. The first-order valence-corrected chi connectivity index (χ1v) is 7.96. The molecule has 4 heteroatoms. The van der Waals surface area contributed by atoms with Crippen LogP contribution in [0, 0.1) is 5.41 Å². The summed E-state index contributed by atoms with van der Waals surface area (Å²) >= 11 is 1.82. The Kier molecular flexibility index (Phi) is 3.68. The van der Waals surface area contributed by atoms with E-state index in [1.165, 1.54) is 57.0 Å². The molecule has 2 aliphatic heterocycles. The summed E-state index contributed by atoms with van der Waals surface area (Å²) in [4.78, 5) is 7.14. The number of likely N-dealkylation sites (tertiary alicyclic amines) is 1. The first-order chi connectivity index (χ1) is 8.75. The number of rotatable bonds is 3. The standard InChI is InChI=1S/C14H23N3S/c1-14(4-5-15-10-14)11-17-7-2-12(3-8-17)13-16-6-9-18-13/h6,9,12,15H,2-5,7-8,10-11H2,1H3. The third-order valence-electron chi connectivity index (χ3n) is 4.45. The smallest absolute Gasteiger partial charge is 0.0956 e. The second-order valence-electron chi connectivity index (χ2n) is 6.16. The van der Waals surface area contributed by atoms with Crippen molar-refractivity contribution in [3.63, 3.8) is 0 Å². The van der Waals surface area contributed by atoms with E-state index in [9.17, 15) is 0 Å². The molecule has 3 nitrogen and oxygen atoms in total. The molecule has 1 aromatic rings. The van der Waals surface area contributed by atoms with Crippen molar-refractivity contribution >= 4 is 11.3 Å². The summed E-state index contributed by atoms with van der Waals surface area (Å²) in [5, 5.41) is 6.95. The first-order valence-electron chi connectivity index (χ1n) is 7.08. The van der Waals surface area contributed by atoms with E-state index in [0.29, 0.717) is 5.41 Å². The predicted molar refractivity (Wildman–Crippen MR) is 76.1 cm³/mol. The van der Waals surface area contributed by atoms with Gasteiger partial charge in [0.05, 0.1) is 5.01 Å². The molecule has 1 aromatic heterocycles. The monoisotopic (exact) mass is 265 g/mol. The minimum atomic E-state index is 0.508. The van der Waals surface area contributed by atoms with Crippen LogP contribution in [0.5, 0.6) is 0 Å². The second-order valence-corrected chi connectivity index (χ2v) is 7.08. The van der Waals surface area contributed by atoms with Crippen molar-refractivity contribution in [2.75, 3.05) is 32.7 Å². The molecule has 0 amide bonds. The molecule has 0 saturated carbocycles. The fourth-order valence-corrected chi connectivity index (χ4v) is 4.13. The number of nitrogens with one attached hydrogen (secondary N) is 1. The Balaban J connectivity index is 1.51. The van der Waals surface area contributed by atoms with Crippen LogP contribution in [-0.2, 0) is 0 Å². The molecule has 0 bridgehead atoms. The van der Waals surface area contributed by atoms with Gasteiger partial charge >= 0.3 is 0 Å². The maximum absolute atomic E-state index is 4.47. The lowest BCUT2D eigenvalue weighted by molar-refractivity contribution is 0.144. The third kappa shape index (κ3) is 2.76. The Bertz CT molecular complexity index is 362. The van der Waals surface area contributed by atoms with Gasteiger partial charge in [0.25, 0.3) is 0 Å². The molecular formula is C14H23N3S. The maximum Gasteiger partial charge on any atom is 0.0956 e. The molecule has 2 aliphatic rings. The molecule has 1 N–H and O–H groups in total. The zero-order chi connectivity index (χ0) is 12.4. The summed E-state index contributed by atoms with van der Waals surface area (Å²) < 4.78 is 0. The molecule has 1 atom stereocenters. The van der Waals surface area contributed by atoms with Crippen LogP contribution in [0.15, 0.2) is 11.6 Å². The van der Waals surface area contributed by atoms with Crippen molar-refractivity contribution in [3.05, 3.63) is 16.6 Å². The van der Waals surface area contributed by atoms with Gasteiger partial charge in [-0.05, 0) is 44.3 Å². The van der Waals surface area contributed by atoms with Crippen LogP contribution in [0.25, 0.3) is 0 Å². The first kappa shape index (κ1) is 12.6. The molecule has 0 aromatic carbocycles. The summed E-state index contributed by atoms with van der Waals surface area (Å²) in [5.41, 5.74) is 0.508. The number of nitrogens with zero attached hydrogens (tertiary/aromatic N) is 2. The van der Waals surface area contributed by atoms with Crippen molar-refractivity contribution in [1.82, 2.24) is 15.2 Å². The largest absolute Gasteiger partial charge is 0.316 e. The van der Waals surface area contributed by atoms with E-state index in [1.807, 2.05) is 17.5 Å². The van der Waals surface area contributed by atoms with Gasteiger partial charge in [-0.2, -0.15) is 0 Å². The molecule has 1 unspecified atom stereocenters. The van der Waals surface area contributed by atoms with E-state index >= 15 is 0 Å². The van der Waals surface area contributed by atoms with Crippen molar-refractivity contribution in [3.8, 4) is 0 Å². The molecule has 0 aliphatic carbocycles. The lowest BCUT2D eigenvalue weighted by Crippen LogP contribution is -2.41. The summed E-state index contributed by atoms with van der Waals surface area (Å²) in [7, 11) is 0. The second kappa shape index (κ2) is 5.27. The minimum Gasteiger partial charge on any atom is -0.316 e. The quantitative estimate of drug-likeness (QED) is 0.909. The van der Waals surface area contributed by atoms with Gasteiger partial charge in [-0.3, -0.25) is 0 Å². The maximum atomic E-state index is 4.47. The molecular weight excluding hydrogens is 242 g/mol. The highest BCUT2D eigenvalue weighted by molar-refractivity contribution is 7.09. The van der Waals surface area contributed by atoms with Crippen LogP contribution in [0.1, 0.15) is 37.1 Å². The van der Waals surface area contributed by atoms with Gasteiger partial charge in [-0.15, -0.1) is 11.3 Å². The average Bonchev–Trinajstić information content (AvgIpc) is 3.02. The Morgan fingerprint density at radius 1 is 1.50 bits per heavy atom. The Hall–Kier alpha value is -0.450. The number of piperidine rings is 1. The van der Waals surface area contributed by atoms with Crippen LogP contribution in [0.2, 0.25) is 0 Å². The van der Waals surface area contributed by atoms with E-state index in [1.54, 1.807) is 0 Å². The fraction of sp³-hybridized carbons (Fsp3) is 0.786. The van der Waals surface area contributed by atoms with Gasteiger partial charge < -0.3 is 10.2 Å². The lowest BCUT2D eigenvalue weighted by Gasteiger charge is -2.36. The van der Waals surface area contributed by atoms with Crippen LogP contribution in [-0.4, -0.2) is 42.6 Å². The van der Waals surface area contributed by atoms with Gasteiger partial charge in [0.2, 0.25) is 0 Å². The normalized spacial score (nSPS) is 30.9. The Labute approximate surface area is 114 Å². The van der Waals surface area contributed by atoms with Crippen LogP contribution >= 0.6 is 11.3 Å². The van der Waals surface area contributed by atoms with E-state index in [2.05, 4.69) is 27.5 Å². The van der Waals surface area contributed by atoms with Crippen molar-refractivity contribution in [2.24, 2.45) is 5.41 Å². The Morgan fingerprint density at radius 3 is 2.94 bits per heavy atom. The zero-order valence-electron chi connectivity index (χ0n) is 11.2. The number of hydrogen-bond acceptors (Lipinski definition) is 4. The summed E-state index contributed by atoms with van der Waals surface area (Å²) in [6, 6.07) is 0. The zero-order valence-corrected chi connectivity index (χ0v) is 12.0. The van der Waals surface area contributed by atoms with Crippen molar-refractivity contribution in [1.29, 1.82) is 0 Å². The molecule has 3 rings (SSSR count). The highest BCUT2D eigenvalue weighted by Gasteiger charge is 2.32. The van der Waals surface area contributed by atoms with Crippen LogP contribution < -0.4 is 5.32 Å². The molecule has 0 spiro atoms. The van der Waals surface area contributed by atoms with Crippen LogP contribution in [0.4, 0.5) is 0 Å². The summed E-state index contributed by atoms with van der Waals surface area (Å²) in [6.45, 7) is 8.59. The van der Waals surface area contributed by atoms with Crippen molar-refractivity contribution in [2.45, 2.75) is 32.1 Å². The number of aromatic nitrogens is 1. The van der Waals surface area contributed by atoms with Crippen LogP contribution in [0.3, 0.4) is 0 Å².